The van der Waals surface area contributed by atoms with Crippen LogP contribution in [0.25, 0.3) is 0 Å². The predicted octanol–water partition coefficient (Wildman–Crippen LogP) is 8.12. The number of fused-ring (bicyclic) bond motifs is 2. The molecule has 0 saturated carbocycles. The minimum atomic E-state index is -3.66. The van der Waals surface area contributed by atoms with E-state index in [2.05, 4.69) is 66.1 Å². The molecule has 332 valence electrons. The van der Waals surface area contributed by atoms with E-state index in [4.69, 9.17) is 0 Å². The average Bonchev–Trinajstić information content (AvgIpc) is 3.97. The minimum absolute atomic E-state index is 0.0117. The Kier molecular flexibility index (Phi) is 14.1. The van der Waals surface area contributed by atoms with Crippen molar-refractivity contribution in [3.63, 3.8) is 0 Å². The number of aryl methyl sites for hydroxylation is 3. The summed E-state index contributed by atoms with van der Waals surface area (Å²) < 4.78 is 55.8. The van der Waals surface area contributed by atoms with Gasteiger partial charge in [0.2, 0.25) is 20.0 Å². The predicted molar refractivity (Wildman–Crippen MR) is 254 cm³/mol. The molecule has 12 nitrogen and oxygen atoms in total. The highest BCUT2D eigenvalue weighted by atomic mass is 32.2. The number of anilines is 2. The third-order valence-electron chi connectivity index (χ3n) is 12.1. The van der Waals surface area contributed by atoms with Crippen molar-refractivity contribution in [1.82, 2.24) is 28.5 Å². The quantitative estimate of drug-likeness (QED) is 0.118. The zero-order valence-electron chi connectivity index (χ0n) is 36.4. The van der Waals surface area contributed by atoms with Crippen LogP contribution in [-0.2, 0) is 59.1 Å². The molecule has 7 aromatic rings. The maximum Gasteiger partial charge on any atom is 0.243 e. The summed E-state index contributed by atoms with van der Waals surface area (Å²) in [5.41, 5.74) is 9.75. The molecule has 2 atom stereocenters. The monoisotopic (exact) mass is 896 g/mol. The van der Waals surface area contributed by atoms with Gasteiger partial charge in [-0.15, -0.1) is 0 Å². The second kappa shape index (κ2) is 20.2. The van der Waals surface area contributed by atoms with Gasteiger partial charge in [0.1, 0.15) is 0 Å². The number of H-pyrrole nitrogens is 2. The molecule has 0 amide bonds. The van der Waals surface area contributed by atoms with Crippen molar-refractivity contribution in [2.45, 2.75) is 75.8 Å². The Balaban J connectivity index is 0.000000178. The van der Waals surface area contributed by atoms with E-state index < -0.39 is 20.0 Å². The third-order valence-corrected chi connectivity index (χ3v) is 15.2. The first-order valence-corrected chi connectivity index (χ1v) is 25.0. The highest BCUT2D eigenvalue weighted by Crippen LogP contribution is 2.34. The smallest absolute Gasteiger partial charge is 0.243 e. The summed E-state index contributed by atoms with van der Waals surface area (Å²) in [7, 11) is -6.97. The molecule has 0 bridgehead atoms. The topological polar surface area (TPSA) is 139 Å². The van der Waals surface area contributed by atoms with Crippen LogP contribution >= 0.6 is 0 Å². The fraction of sp³-hybridized carbons (Fsp3) is 0.280. The molecule has 5 aromatic carbocycles. The molecule has 0 radical (unpaired) electrons. The number of sulfonamides is 2. The van der Waals surface area contributed by atoms with Crippen LogP contribution in [0.1, 0.15) is 52.0 Å². The molecule has 2 unspecified atom stereocenters. The van der Waals surface area contributed by atoms with Gasteiger partial charge in [-0.1, -0.05) is 115 Å². The molecule has 0 saturated heterocycles. The van der Waals surface area contributed by atoms with Crippen LogP contribution in [0.15, 0.2) is 163 Å². The second-order valence-corrected chi connectivity index (χ2v) is 20.6. The first-order valence-electron chi connectivity index (χ1n) is 21.7. The lowest BCUT2D eigenvalue weighted by molar-refractivity contribution is 0.370. The van der Waals surface area contributed by atoms with Gasteiger partial charge >= 0.3 is 0 Å². The highest BCUT2D eigenvalue weighted by Gasteiger charge is 2.35. The lowest BCUT2D eigenvalue weighted by Gasteiger charge is -2.34. The molecule has 2 aromatic heterocycles. The normalized spacial score (nSPS) is 17.1. The highest BCUT2D eigenvalue weighted by molar-refractivity contribution is 7.89. The van der Waals surface area contributed by atoms with Crippen LogP contribution in [0.5, 0.6) is 0 Å². The van der Waals surface area contributed by atoms with Gasteiger partial charge in [0.05, 0.1) is 48.3 Å². The Morgan fingerprint density at radius 3 is 1.45 bits per heavy atom. The van der Waals surface area contributed by atoms with Gasteiger partial charge in [0.15, 0.2) is 0 Å². The molecular formula is C50H56N8O4S2. The Hall–Kier alpha value is -6.06. The van der Waals surface area contributed by atoms with Gasteiger partial charge in [-0.3, -0.25) is 0 Å². The Labute approximate surface area is 377 Å². The molecule has 2 aliphatic heterocycles. The van der Waals surface area contributed by atoms with E-state index in [1.165, 1.54) is 17.4 Å². The fourth-order valence-electron chi connectivity index (χ4n) is 8.70. The summed E-state index contributed by atoms with van der Waals surface area (Å²) in [6.07, 6.45) is 11.8. The van der Waals surface area contributed by atoms with Crippen LogP contribution in [0, 0.1) is 6.92 Å². The molecule has 0 spiro atoms. The van der Waals surface area contributed by atoms with Gasteiger partial charge in [0, 0.05) is 62.0 Å². The molecule has 0 aliphatic carbocycles. The van der Waals surface area contributed by atoms with Crippen LogP contribution in [-0.4, -0.2) is 76.8 Å². The van der Waals surface area contributed by atoms with Gasteiger partial charge in [-0.05, 0) is 79.1 Å². The van der Waals surface area contributed by atoms with Crippen molar-refractivity contribution in [2.75, 3.05) is 29.1 Å². The Bertz CT molecular complexity index is 2770. The number of hydrogen-bond acceptors (Lipinski definition) is 8. The first kappa shape index (κ1) is 44.5. The number of benzene rings is 5. The zero-order valence-corrected chi connectivity index (χ0v) is 38.0. The Morgan fingerprint density at radius 1 is 0.562 bits per heavy atom. The molecule has 0 fully saturated rings. The Morgan fingerprint density at radius 2 is 1.00 bits per heavy atom. The van der Waals surface area contributed by atoms with E-state index in [0.717, 1.165) is 65.1 Å². The first-order chi connectivity index (χ1) is 31.0. The number of hydrogen-bond donors (Lipinski definition) is 2. The molecule has 4 heterocycles. The summed E-state index contributed by atoms with van der Waals surface area (Å²) >= 11 is 0. The maximum atomic E-state index is 13.8. The number of nitrogens with zero attached hydrogens (tertiary/aromatic N) is 6. The summed E-state index contributed by atoms with van der Waals surface area (Å²) in [5.74, 6) is 0. The largest absolute Gasteiger partial charge is 0.361 e. The van der Waals surface area contributed by atoms with Crippen molar-refractivity contribution in [3.8, 4) is 0 Å². The lowest BCUT2D eigenvalue weighted by Crippen LogP contribution is -2.43. The third kappa shape index (κ3) is 11.0. The maximum absolute atomic E-state index is 13.8. The van der Waals surface area contributed by atoms with Gasteiger partial charge in [-0.25, -0.2) is 26.8 Å². The molecular weight excluding hydrogens is 841 g/mol. The number of rotatable bonds is 13. The fourth-order valence-corrected chi connectivity index (χ4v) is 11.0. The van der Waals surface area contributed by atoms with Crippen molar-refractivity contribution < 1.29 is 16.8 Å². The summed E-state index contributed by atoms with van der Waals surface area (Å²) in [6, 6.07) is 44.1. The van der Waals surface area contributed by atoms with Gasteiger partial charge in [-0.2, -0.15) is 8.61 Å². The van der Waals surface area contributed by atoms with Crippen LogP contribution in [0.2, 0.25) is 0 Å². The lowest BCUT2D eigenvalue weighted by atomic mass is 10.0. The number of imidazole rings is 2. The van der Waals surface area contributed by atoms with E-state index in [0.29, 0.717) is 44.2 Å². The molecule has 2 N–H and O–H groups in total. The SMILES string of the molecule is CS(=O)(=O)N1Cc2ccccc2N(Cc2cnc[nH]2)C(CCc2ccccc2)C1.Cc1ccc(S(=O)(=O)N2Cc3ccccc3N(Cc3cnc[nH]3)C(CCc3ccccc3)C2)cc1. The summed E-state index contributed by atoms with van der Waals surface area (Å²) in [4.78, 5) is 19.8. The van der Waals surface area contributed by atoms with Crippen LogP contribution in [0.4, 0.5) is 11.4 Å². The van der Waals surface area contributed by atoms with E-state index in [1.54, 1.807) is 33.4 Å². The van der Waals surface area contributed by atoms with Crippen molar-refractivity contribution in [1.29, 1.82) is 0 Å². The molecule has 2 aliphatic rings. The van der Waals surface area contributed by atoms with Crippen LogP contribution < -0.4 is 9.80 Å². The number of nitrogens with one attached hydrogen (secondary N) is 2. The molecule has 14 heteroatoms. The number of aromatic amines is 2. The van der Waals surface area contributed by atoms with Crippen LogP contribution in [0.3, 0.4) is 0 Å². The van der Waals surface area contributed by atoms with Crippen molar-refractivity contribution in [3.05, 3.63) is 198 Å². The van der Waals surface area contributed by atoms with Crippen molar-refractivity contribution >= 4 is 31.4 Å². The van der Waals surface area contributed by atoms with E-state index in [1.807, 2.05) is 104 Å². The van der Waals surface area contributed by atoms with E-state index >= 15 is 0 Å². The average molecular weight is 897 g/mol. The van der Waals surface area contributed by atoms with E-state index in [-0.39, 0.29) is 12.1 Å². The number of aromatic nitrogens is 4. The van der Waals surface area contributed by atoms with Gasteiger partial charge < -0.3 is 19.8 Å². The minimum Gasteiger partial charge on any atom is -0.361 e. The zero-order chi connectivity index (χ0) is 44.5. The summed E-state index contributed by atoms with van der Waals surface area (Å²) in [5, 5.41) is 0. The number of para-hydroxylation sites is 2. The molecule has 64 heavy (non-hydrogen) atoms. The van der Waals surface area contributed by atoms with E-state index in [9.17, 15) is 16.8 Å². The second-order valence-electron chi connectivity index (χ2n) is 16.7. The van der Waals surface area contributed by atoms with Crippen molar-refractivity contribution in [2.24, 2.45) is 0 Å². The van der Waals surface area contributed by atoms with Gasteiger partial charge in [0.25, 0.3) is 0 Å². The standard InChI is InChI=1S/C28H30N4O2S.C22H26N4O2S/c1-22-11-15-27(16-12-22)35(33,34)31-18-24-9-5-6-10-28(24)32(19-25-17-29-21-30-25)26(20-31)14-13-23-7-3-2-4-8-23;1-29(27,28)25-14-19-9-5-6-10-22(19)26(15-20-13-23-17-24-20)21(16-25)12-11-18-7-3-2-4-8-18/h2-12,15-17,21,26H,13-14,18-20H2,1H3,(H,29,30);2-10,13,17,21H,11-12,14-16H2,1H3,(H,23,24). The summed E-state index contributed by atoms with van der Waals surface area (Å²) in [6.45, 7) is 4.87. The molecule has 9 rings (SSSR count).